The molecular formula is C14H20N2O. The molecule has 17 heavy (non-hydrogen) atoms. The standard InChI is InChI=1S/C14H20N2O/c1-4-16-13(17)8-12(15)14(16)11-7-9(2)5-6-10(11)3/h5-7,12,14H,4,8,15H2,1-3H3. The lowest BCUT2D eigenvalue weighted by molar-refractivity contribution is -0.128. The first-order valence-corrected chi connectivity index (χ1v) is 6.16. The average Bonchev–Trinajstić information content (AvgIpc) is 2.56. The zero-order valence-corrected chi connectivity index (χ0v) is 10.7. The lowest BCUT2D eigenvalue weighted by atomic mass is 9.95. The lowest BCUT2D eigenvalue weighted by Gasteiger charge is -2.27. The molecule has 2 N–H and O–H groups in total. The number of hydrogen-bond acceptors (Lipinski definition) is 2. The maximum atomic E-state index is 11.8. The van der Waals surface area contributed by atoms with Gasteiger partial charge in [-0.05, 0) is 31.9 Å². The van der Waals surface area contributed by atoms with E-state index in [9.17, 15) is 4.79 Å². The number of carbonyl (C=O) groups is 1. The van der Waals surface area contributed by atoms with Gasteiger partial charge in [0.25, 0.3) is 0 Å². The van der Waals surface area contributed by atoms with Crippen molar-refractivity contribution in [2.75, 3.05) is 6.54 Å². The molecule has 1 aliphatic rings. The second-order valence-corrected chi connectivity index (χ2v) is 4.85. The Bertz CT molecular complexity index is 442. The van der Waals surface area contributed by atoms with Crippen molar-refractivity contribution in [2.45, 2.75) is 39.3 Å². The van der Waals surface area contributed by atoms with Gasteiger partial charge in [-0.3, -0.25) is 4.79 Å². The van der Waals surface area contributed by atoms with Crippen LogP contribution in [0.3, 0.4) is 0 Å². The predicted molar refractivity (Wildman–Crippen MR) is 68.6 cm³/mol. The van der Waals surface area contributed by atoms with Crippen molar-refractivity contribution in [1.29, 1.82) is 0 Å². The van der Waals surface area contributed by atoms with Crippen LogP contribution in [0.25, 0.3) is 0 Å². The molecule has 0 saturated carbocycles. The van der Waals surface area contributed by atoms with Crippen molar-refractivity contribution < 1.29 is 4.79 Å². The molecular weight excluding hydrogens is 212 g/mol. The molecule has 2 unspecified atom stereocenters. The van der Waals surface area contributed by atoms with E-state index in [1.807, 2.05) is 11.8 Å². The lowest BCUT2D eigenvalue weighted by Crippen LogP contribution is -2.33. The predicted octanol–water partition coefficient (Wildman–Crippen LogP) is 1.92. The maximum absolute atomic E-state index is 11.8. The zero-order valence-electron chi connectivity index (χ0n) is 10.7. The number of nitrogens with zero attached hydrogens (tertiary/aromatic N) is 1. The Kier molecular flexibility index (Phi) is 3.20. The summed E-state index contributed by atoms with van der Waals surface area (Å²) in [4.78, 5) is 13.7. The molecule has 0 bridgehead atoms. The van der Waals surface area contributed by atoms with E-state index in [1.54, 1.807) is 0 Å². The van der Waals surface area contributed by atoms with E-state index in [0.29, 0.717) is 6.42 Å². The maximum Gasteiger partial charge on any atom is 0.224 e. The molecule has 2 rings (SSSR count). The van der Waals surface area contributed by atoms with Crippen LogP contribution >= 0.6 is 0 Å². The average molecular weight is 232 g/mol. The Balaban J connectivity index is 2.44. The number of likely N-dealkylation sites (N-methyl/N-ethyl adjacent to an activating group) is 1. The number of nitrogens with two attached hydrogens (primary N) is 1. The van der Waals surface area contributed by atoms with Gasteiger partial charge in [-0.15, -0.1) is 0 Å². The number of hydrogen-bond donors (Lipinski definition) is 1. The number of aryl methyl sites for hydroxylation is 2. The van der Waals surface area contributed by atoms with Gasteiger partial charge in [0.2, 0.25) is 5.91 Å². The summed E-state index contributed by atoms with van der Waals surface area (Å²) in [6.07, 6.45) is 0.464. The van der Waals surface area contributed by atoms with Gasteiger partial charge < -0.3 is 10.6 Å². The summed E-state index contributed by atoms with van der Waals surface area (Å²) < 4.78 is 0. The molecule has 0 aromatic heterocycles. The minimum Gasteiger partial charge on any atom is -0.334 e. The number of likely N-dealkylation sites (tertiary alicyclic amines) is 1. The summed E-state index contributed by atoms with van der Waals surface area (Å²) in [5.74, 6) is 0.172. The summed E-state index contributed by atoms with van der Waals surface area (Å²) >= 11 is 0. The van der Waals surface area contributed by atoms with Crippen LogP contribution in [0.2, 0.25) is 0 Å². The smallest absolute Gasteiger partial charge is 0.224 e. The highest BCUT2D eigenvalue weighted by molar-refractivity contribution is 5.80. The number of benzene rings is 1. The van der Waals surface area contributed by atoms with Crippen LogP contribution in [0.1, 0.15) is 36.1 Å². The summed E-state index contributed by atoms with van der Waals surface area (Å²) in [5, 5.41) is 0. The van der Waals surface area contributed by atoms with Gasteiger partial charge in [-0.2, -0.15) is 0 Å². The number of rotatable bonds is 2. The van der Waals surface area contributed by atoms with Crippen molar-refractivity contribution in [3.05, 3.63) is 34.9 Å². The minimum absolute atomic E-state index is 0.0485. The number of amides is 1. The molecule has 1 aromatic carbocycles. The number of carbonyl (C=O) groups excluding carboxylic acids is 1. The van der Waals surface area contributed by atoms with Gasteiger partial charge in [0.05, 0.1) is 6.04 Å². The van der Waals surface area contributed by atoms with Crippen LogP contribution in [0, 0.1) is 13.8 Å². The van der Waals surface area contributed by atoms with Crippen LogP contribution in [0.4, 0.5) is 0 Å². The highest BCUT2D eigenvalue weighted by Crippen LogP contribution is 2.33. The SMILES string of the molecule is CCN1C(=O)CC(N)C1c1cc(C)ccc1C. The Morgan fingerprint density at radius 1 is 1.41 bits per heavy atom. The molecule has 2 atom stereocenters. The van der Waals surface area contributed by atoms with Gasteiger partial charge in [-0.25, -0.2) is 0 Å². The van der Waals surface area contributed by atoms with Crippen LogP contribution in [-0.4, -0.2) is 23.4 Å². The van der Waals surface area contributed by atoms with E-state index in [-0.39, 0.29) is 18.0 Å². The van der Waals surface area contributed by atoms with Gasteiger partial charge in [0, 0.05) is 19.0 Å². The molecule has 3 heteroatoms. The third-order valence-corrected chi connectivity index (χ3v) is 3.57. The first-order chi connectivity index (χ1) is 8.04. The Hall–Kier alpha value is -1.35. The molecule has 1 aromatic rings. The molecule has 3 nitrogen and oxygen atoms in total. The summed E-state index contributed by atoms with van der Waals surface area (Å²) in [7, 11) is 0. The van der Waals surface area contributed by atoms with E-state index >= 15 is 0 Å². The van der Waals surface area contributed by atoms with E-state index in [0.717, 1.165) is 6.54 Å². The van der Waals surface area contributed by atoms with E-state index in [1.165, 1.54) is 16.7 Å². The largest absolute Gasteiger partial charge is 0.334 e. The van der Waals surface area contributed by atoms with Crippen LogP contribution in [0.15, 0.2) is 18.2 Å². The van der Waals surface area contributed by atoms with Gasteiger partial charge >= 0.3 is 0 Å². The van der Waals surface area contributed by atoms with Gasteiger partial charge in [0.1, 0.15) is 0 Å². The van der Waals surface area contributed by atoms with Crippen LogP contribution in [0.5, 0.6) is 0 Å². The third kappa shape index (κ3) is 2.07. The minimum atomic E-state index is -0.0806. The van der Waals surface area contributed by atoms with Crippen LogP contribution < -0.4 is 5.73 Å². The summed E-state index contributed by atoms with van der Waals surface area (Å²) in [6, 6.07) is 6.32. The molecule has 0 spiro atoms. The van der Waals surface area contributed by atoms with Crippen molar-refractivity contribution >= 4 is 5.91 Å². The fourth-order valence-corrected chi connectivity index (χ4v) is 2.67. The zero-order chi connectivity index (χ0) is 12.6. The first-order valence-electron chi connectivity index (χ1n) is 6.16. The van der Waals surface area contributed by atoms with E-state index in [4.69, 9.17) is 5.73 Å². The van der Waals surface area contributed by atoms with Gasteiger partial charge in [0.15, 0.2) is 0 Å². The second-order valence-electron chi connectivity index (χ2n) is 4.85. The Labute approximate surface area is 103 Å². The van der Waals surface area contributed by atoms with Crippen molar-refractivity contribution in [1.82, 2.24) is 4.90 Å². The molecule has 1 fully saturated rings. The molecule has 1 amide bonds. The monoisotopic (exact) mass is 232 g/mol. The molecule has 92 valence electrons. The first kappa shape index (κ1) is 12.1. The fourth-order valence-electron chi connectivity index (χ4n) is 2.67. The van der Waals surface area contributed by atoms with Crippen LogP contribution in [-0.2, 0) is 4.79 Å². The van der Waals surface area contributed by atoms with Gasteiger partial charge in [-0.1, -0.05) is 23.8 Å². The van der Waals surface area contributed by atoms with E-state index in [2.05, 4.69) is 32.0 Å². The molecule has 1 saturated heterocycles. The molecule has 1 aliphatic heterocycles. The Morgan fingerprint density at radius 2 is 2.12 bits per heavy atom. The topological polar surface area (TPSA) is 46.3 Å². The van der Waals surface area contributed by atoms with Crippen molar-refractivity contribution in [3.8, 4) is 0 Å². The quantitative estimate of drug-likeness (QED) is 0.846. The molecule has 0 aliphatic carbocycles. The normalized spacial score (nSPS) is 24.5. The summed E-state index contributed by atoms with van der Waals surface area (Å²) in [5.41, 5.74) is 9.75. The summed E-state index contributed by atoms with van der Waals surface area (Å²) in [6.45, 7) is 6.89. The highest BCUT2D eigenvalue weighted by atomic mass is 16.2. The van der Waals surface area contributed by atoms with E-state index < -0.39 is 0 Å². The van der Waals surface area contributed by atoms with Crippen molar-refractivity contribution in [3.63, 3.8) is 0 Å². The molecule has 1 heterocycles. The molecule has 0 radical (unpaired) electrons. The Morgan fingerprint density at radius 3 is 2.76 bits per heavy atom. The van der Waals surface area contributed by atoms with Crippen molar-refractivity contribution in [2.24, 2.45) is 5.73 Å². The third-order valence-electron chi connectivity index (χ3n) is 3.57. The highest BCUT2D eigenvalue weighted by Gasteiger charge is 2.38. The second kappa shape index (κ2) is 4.49. The fraction of sp³-hybridized carbons (Fsp3) is 0.500.